The summed E-state index contributed by atoms with van der Waals surface area (Å²) in [6.45, 7) is 2.88. The van der Waals surface area contributed by atoms with Crippen LogP contribution in [0.2, 0.25) is 0 Å². The number of morpholine rings is 1. The zero-order valence-electron chi connectivity index (χ0n) is 15.0. The molecule has 5 heteroatoms. The molecule has 0 spiro atoms. The van der Waals surface area contributed by atoms with Gasteiger partial charge < -0.3 is 14.1 Å². The number of amides is 1. The van der Waals surface area contributed by atoms with Gasteiger partial charge in [-0.2, -0.15) is 0 Å². The minimum absolute atomic E-state index is 0.0890. The topological polar surface area (TPSA) is 42.7 Å². The number of benzene rings is 2. The molecule has 4 rings (SSSR count). The van der Waals surface area contributed by atoms with Gasteiger partial charge in [-0.1, -0.05) is 42.5 Å². The van der Waals surface area contributed by atoms with Crippen molar-refractivity contribution in [3.8, 4) is 11.3 Å². The van der Waals surface area contributed by atoms with E-state index in [1.54, 1.807) is 35.2 Å². The molecule has 0 bridgehead atoms. The van der Waals surface area contributed by atoms with Gasteiger partial charge in [0.2, 0.25) is 0 Å². The molecule has 4 nitrogen and oxygen atoms in total. The number of halogens is 1. The van der Waals surface area contributed by atoms with Crippen LogP contribution >= 0.6 is 0 Å². The van der Waals surface area contributed by atoms with Gasteiger partial charge in [-0.25, -0.2) is 4.39 Å². The van der Waals surface area contributed by atoms with E-state index in [0.717, 1.165) is 5.56 Å². The minimum atomic E-state index is -0.380. The van der Waals surface area contributed by atoms with Crippen LogP contribution in [0, 0.1) is 5.82 Å². The Hall–Kier alpha value is -2.92. The van der Waals surface area contributed by atoms with Gasteiger partial charge in [-0.3, -0.25) is 4.79 Å². The molecule has 2 heterocycles. The molecule has 138 valence electrons. The van der Waals surface area contributed by atoms with Gasteiger partial charge in [0.15, 0.2) is 5.76 Å². The van der Waals surface area contributed by atoms with Crippen molar-refractivity contribution in [3.05, 3.63) is 83.9 Å². The molecular weight excluding hydrogens is 345 g/mol. The number of ether oxygens (including phenoxy) is 1. The number of carbonyl (C=O) groups is 1. The summed E-state index contributed by atoms with van der Waals surface area (Å²) in [4.78, 5) is 14.7. The zero-order valence-corrected chi connectivity index (χ0v) is 15.0. The highest BCUT2D eigenvalue weighted by Gasteiger charge is 2.31. The molecule has 1 fully saturated rings. The second-order valence-electron chi connectivity index (χ2n) is 6.70. The fourth-order valence-corrected chi connectivity index (χ4v) is 3.38. The molecule has 1 aliphatic rings. The molecular formula is C22H20FNO3. The quantitative estimate of drug-likeness (QED) is 0.676. The largest absolute Gasteiger partial charge is 0.451 e. The Balaban J connectivity index is 1.55. The van der Waals surface area contributed by atoms with Crippen molar-refractivity contribution < 1.29 is 18.3 Å². The van der Waals surface area contributed by atoms with Crippen LogP contribution in [0.25, 0.3) is 11.3 Å². The zero-order chi connectivity index (χ0) is 18.8. The Bertz CT molecular complexity index is 937. The third-order valence-corrected chi connectivity index (χ3v) is 4.67. The van der Waals surface area contributed by atoms with E-state index in [-0.39, 0.29) is 29.7 Å². The highest BCUT2D eigenvalue weighted by Crippen LogP contribution is 2.28. The van der Waals surface area contributed by atoms with Gasteiger partial charge >= 0.3 is 0 Å². The molecule has 1 amide bonds. The molecule has 0 N–H and O–H groups in total. The molecule has 1 saturated heterocycles. The Morgan fingerprint density at radius 2 is 1.74 bits per heavy atom. The summed E-state index contributed by atoms with van der Waals surface area (Å²) < 4.78 is 25.6. The van der Waals surface area contributed by atoms with Gasteiger partial charge in [0.1, 0.15) is 17.7 Å². The van der Waals surface area contributed by atoms with Crippen LogP contribution in [0.4, 0.5) is 4.39 Å². The first-order valence-electron chi connectivity index (χ1n) is 8.96. The van der Waals surface area contributed by atoms with Gasteiger partial charge in [0, 0.05) is 6.54 Å². The maximum atomic E-state index is 14.0. The fraction of sp³-hybridized carbons (Fsp3) is 0.227. The molecule has 2 atom stereocenters. The third-order valence-electron chi connectivity index (χ3n) is 4.67. The Morgan fingerprint density at radius 3 is 2.52 bits per heavy atom. The summed E-state index contributed by atoms with van der Waals surface area (Å²) in [6, 6.07) is 19.4. The lowest BCUT2D eigenvalue weighted by Gasteiger charge is -2.36. The highest BCUT2D eigenvalue weighted by molar-refractivity contribution is 5.92. The average molecular weight is 365 g/mol. The number of rotatable bonds is 3. The van der Waals surface area contributed by atoms with Crippen molar-refractivity contribution in [1.82, 2.24) is 4.90 Å². The number of nitrogens with zero attached hydrogens (tertiary/aromatic N) is 1. The van der Waals surface area contributed by atoms with Gasteiger partial charge in [0.25, 0.3) is 5.91 Å². The van der Waals surface area contributed by atoms with E-state index in [0.29, 0.717) is 24.4 Å². The highest BCUT2D eigenvalue weighted by atomic mass is 19.1. The van der Waals surface area contributed by atoms with Crippen molar-refractivity contribution in [2.45, 2.75) is 19.1 Å². The van der Waals surface area contributed by atoms with Crippen molar-refractivity contribution in [3.63, 3.8) is 0 Å². The van der Waals surface area contributed by atoms with E-state index in [2.05, 4.69) is 0 Å². The van der Waals surface area contributed by atoms with Gasteiger partial charge in [0.05, 0.1) is 18.2 Å². The number of carbonyl (C=O) groups excluding carboxylic acids is 1. The third kappa shape index (κ3) is 3.64. The summed E-state index contributed by atoms with van der Waals surface area (Å²) >= 11 is 0. The van der Waals surface area contributed by atoms with E-state index in [1.807, 2.05) is 37.3 Å². The maximum absolute atomic E-state index is 14.0. The van der Waals surface area contributed by atoms with Crippen LogP contribution in [-0.2, 0) is 4.74 Å². The Kier molecular flexibility index (Phi) is 4.77. The first kappa shape index (κ1) is 17.5. The van der Waals surface area contributed by atoms with Crippen molar-refractivity contribution >= 4 is 5.91 Å². The van der Waals surface area contributed by atoms with E-state index >= 15 is 0 Å². The predicted molar refractivity (Wildman–Crippen MR) is 99.7 cm³/mol. The maximum Gasteiger partial charge on any atom is 0.289 e. The molecule has 1 aromatic heterocycles. The van der Waals surface area contributed by atoms with E-state index in [4.69, 9.17) is 9.15 Å². The standard InChI is InChI=1S/C22H20FNO3/c1-15-13-24(14-21(26-15)16-7-3-2-4-8-16)22(25)20-12-11-19(27-20)17-9-5-6-10-18(17)23/h2-12,15,21H,13-14H2,1H3/t15-,21-/m1/s1. The molecule has 0 saturated carbocycles. The van der Waals surface area contributed by atoms with Crippen LogP contribution in [0.3, 0.4) is 0 Å². The van der Waals surface area contributed by atoms with Gasteiger partial charge in [-0.15, -0.1) is 0 Å². The van der Waals surface area contributed by atoms with Gasteiger partial charge in [-0.05, 0) is 36.8 Å². The summed E-state index contributed by atoms with van der Waals surface area (Å²) in [5.41, 5.74) is 1.38. The smallest absolute Gasteiger partial charge is 0.289 e. The van der Waals surface area contributed by atoms with Crippen LogP contribution < -0.4 is 0 Å². The van der Waals surface area contributed by atoms with E-state index in [1.165, 1.54) is 6.07 Å². The molecule has 0 aliphatic carbocycles. The first-order chi connectivity index (χ1) is 13.1. The number of hydrogen-bond acceptors (Lipinski definition) is 3. The lowest BCUT2D eigenvalue weighted by Crippen LogP contribution is -2.45. The van der Waals surface area contributed by atoms with Crippen LogP contribution in [-0.4, -0.2) is 30.0 Å². The second-order valence-corrected chi connectivity index (χ2v) is 6.70. The predicted octanol–water partition coefficient (Wildman–Crippen LogP) is 4.69. The second kappa shape index (κ2) is 7.37. The van der Waals surface area contributed by atoms with Crippen LogP contribution in [0.5, 0.6) is 0 Å². The molecule has 3 aromatic rings. The Morgan fingerprint density at radius 1 is 1.00 bits per heavy atom. The normalized spacial score (nSPS) is 19.9. The first-order valence-corrected chi connectivity index (χ1v) is 8.96. The van der Waals surface area contributed by atoms with Crippen molar-refractivity contribution in [2.75, 3.05) is 13.1 Å². The lowest BCUT2D eigenvalue weighted by molar-refractivity contribution is -0.0697. The summed E-state index contributed by atoms with van der Waals surface area (Å²) in [5.74, 6) is -0.0461. The monoisotopic (exact) mass is 365 g/mol. The minimum Gasteiger partial charge on any atom is -0.451 e. The summed E-state index contributed by atoms with van der Waals surface area (Å²) in [6.07, 6.45) is -0.270. The SMILES string of the molecule is C[C@@H]1CN(C(=O)c2ccc(-c3ccccc3F)o2)C[C@H](c2ccccc2)O1. The lowest BCUT2D eigenvalue weighted by atomic mass is 10.1. The summed E-state index contributed by atoms with van der Waals surface area (Å²) in [5, 5.41) is 0. The fourth-order valence-electron chi connectivity index (χ4n) is 3.38. The van der Waals surface area contributed by atoms with Crippen LogP contribution in [0.1, 0.15) is 29.1 Å². The summed E-state index contributed by atoms with van der Waals surface area (Å²) in [7, 11) is 0. The molecule has 27 heavy (non-hydrogen) atoms. The number of hydrogen-bond donors (Lipinski definition) is 0. The average Bonchev–Trinajstić information content (AvgIpc) is 3.18. The molecule has 0 radical (unpaired) electrons. The van der Waals surface area contributed by atoms with E-state index < -0.39 is 0 Å². The van der Waals surface area contributed by atoms with Crippen molar-refractivity contribution in [1.29, 1.82) is 0 Å². The van der Waals surface area contributed by atoms with E-state index in [9.17, 15) is 9.18 Å². The van der Waals surface area contributed by atoms with Crippen LogP contribution in [0.15, 0.2) is 71.1 Å². The van der Waals surface area contributed by atoms with Crippen molar-refractivity contribution in [2.24, 2.45) is 0 Å². The molecule has 1 aliphatic heterocycles. The number of furan rings is 1. The Labute approximate surface area is 157 Å². The molecule has 0 unspecified atom stereocenters. The molecule has 2 aromatic carbocycles.